The van der Waals surface area contributed by atoms with Crippen LogP contribution in [-0.2, 0) is 6.54 Å². The van der Waals surface area contributed by atoms with Crippen LogP contribution in [-0.4, -0.2) is 31.3 Å². The summed E-state index contributed by atoms with van der Waals surface area (Å²) in [5.41, 5.74) is -0.0604. The molecule has 0 aliphatic rings. The summed E-state index contributed by atoms with van der Waals surface area (Å²) in [5.74, 6) is 0.0365. The van der Waals surface area contributed by atoms with Crippen molar-refractivity contribution >= 4 is 23.1 Å². The number of oxime groups is 1. The molecule has 0 saturated carbocycles. The van der Waals surface area contributed by atoms with E-state index in [1.165, 1.54) is 17.1 Å². The predicted molar refractivity (Wildman–Crippen MR) is 62.6 cm³/mol. The number of halogens is 1. The van der Waals surface area contributed by atoms with Crippen LogP contribution in [0.2, 0.25) is 0 Å². The van der Waals surface area contributed by atoms with E-state index >= 15 is 0 Å². The van der Waals surface area contributed by atoms with Gasteiger partial charge in [0.1, 0.15) is 6.20 Å². The average Bonchev–Trinajstić information content (AvgIpc) is 2.74. The summed E-state index contributed by atoms with van der Waals surface area (Å²) < 4.78 is 1.47. The van der Waals surface area contributed by atoms with Crippen molar-refractivity contribution in [2.75, 3.05) is 5.88 Å². The van der Waals surface area contributed by atoms with Crippen LogP contribution in [0.3, 0.4) is 0 Å². The molecule has 0 amide bonds. The summed E-state index contributed by atoms with van der Waals surface area (Å²) in [4.78, 5) is 13.5. The molecule has 0 aliphatic heterocycles. The van der Waals surface area contributed by atoms with Crippen LogP contribution >= 0.6 is 11.6 Å². The number of hydrogen-bond acceptors (Lipinski definition) is 5. The molecule has 17 heavy (non-hydrogen) atoms. The molecule has 1 rings (SSSR count). The van der Waals surface area contributed by atoms with Crippen LogP contribution in [0.4, 0.5) is 5.82 Å². The largest absolute Gasteiger partial charge is 0.411 e. The fraction of sp³-hybridized carbons (Fsp3) is 0.556. The third-order valence-corrected chi connectivity index (χ3v) is 3.04. The molecule has 8 heteroatoms. The molecule has 0 radical (unpaired) electrons. The molecule has 0 fully saturated rings. The number of aromatic nitrogens is 2. The summed E-state index contributed by atoms with van der Waals surface area (Å²) in [7, 11) is 0. The average molecular weight is 261 g/mol. The van der Waals surface area contributed by atoms with E-state index in [1.807, 2.05) is 13.8 Å². The van der Waals surface area contributed by atoms with Gasteiger partial charge in [-0.05, 0) is 9.91 Å². The second-order valence-corrected chi connectivity index (χ2v) is 4.49. The Morgan fingerprint density at radius 3 is 2.82 bits per heavy atom. The van der Waals surface area contributed by atoms with Crippen molar-refractivity contribution < 1.29 is 10.1 Å². The minimum Gasteiger partial charge on any atom is -0.411 e. The van der Waals surface area contributed by atoms with Crippen LogP contribution in [0, 0.1) is 15.5 Å². The van der Waals surface area contributed by atoms with Crippen molar-refractivity contribution in [2.24, 2.45) is 10.6 Å². The van der Waals surface area contributed by atoms with Gasteiger partial charge in [-0.3, -0.25) is 0 Å². The highest BCUT2D eigenvalue weighted by molar-refractivity contribution is 6.20. The van der Waals surface area contributed by atoms with Crippen LogP contribution < -0.4 is 0 Å². The van der Waals surface area contributed by atoms with Gasteiger partial charge < -0.3 is 19.9 Å². The molecule has 1 aromatic heterocycles. The predicted octanol–water partition coefficient (Wildman–Crippen LogP) is 1.89. The second kappa shape index (κ2) is 5.13. The Kier molecular flexibility index (Phi) is 4.06. The van der Waals surface area contributed by atoms with E-state index in [2.05, 4.69) is 10.1 Å². The van der Waals surface area contributed by atoms with Crippen molar-refractivity contribution in [2.45, 2.75) is 20.4 Å². The van der Waals surface area contributed by atoms with Gasteiger partial charge >= 0.3 is 5.82 Å². The van der Waals surface area contributed by atoms with E-state index in [9.17, 15) is 10.1 Å². The Bertz CT molecular complexity index is 441. The normalized spacial score (nSPS) is 12.8. The molecule has 1 aromatic rings. The first kappa shape index (κ1) is 13.4. The molecule has 0 saturated heterocycles. The topological polar surface area (TPSA) is 93.5 Å². The number of nitro groups is 1. The Balaban J connectivity index is 2.86. The van der Waals surface area contributed by atoms with Crippen LogP contribution in [0.15, 0.2) is 17.7 Å². The van der Waals surface area contributed by atoms with Crippen molar-refractivity contribution in [3.05, 3.63) is 22.6 Å². The van der Waals surface area contributed by atoms with Gasteiger partial charge in [0.05, 0.1) is 12.3 Å². The van der Waals surface area contributed by atoms with Gasteiger partial charge in [-0.15, -0.1) is 11.6 Å². The van der Waals surface area contributed by atoms with Gasteiger partial charge in [0, 0.05) is 11.3 Å². The van der Waals surface area contributed by atoms with Crippen LogP contribution in [0.25, 0.3) is 0 Å². The Morgan fingerprint density at radius 1 is 1.76 bits per heavy atom. The standard InChI is InChI=1S/C9H13ClN4O3/c1-9(2,5-10)7(12-15)3-13-4-8(11-6-13)14(16)17/h4,6,15H,3,5H2,1-2H3/b12-7+. The van der Waals surface area contributed by atoms with Gasteiger partial charge in [0.25, 0.3) is 0 Å². The molecular formula is C9H13ClN4O3. The maximum absolute atomic E-state index is 10.5. The van der Waals surface area contributed by atoms with E-state index in [-0.39, 0.29) is 18.2 Å². The number of rotatable bonds is 5. The molecular weight excluding hydrogens is 248 g/mol. The lowest BCUT2D eigenvalue weighted by atomic mass is 9.89. The lowest BCUT2D eigenvalue weighted by molar-refractivity contribution is -0.389. The first-order valence-electron chi connectivity index (χ1n) is 4.84. The van der Waals surface area contributed by atoms with E-state index in [0.717, 1.165) is 0 Å². The summed E-state index contributed by atoms with van der Waals surface area (Å²) in [6.07, 6.45) is 2.59. The van der Waals surface area contributed by atoms with E-state index in [4.69, 9.17) is 16.8 Å². The zero-order valence-corrected chi connectivity index (χ0v) is 10.3. The molecule has 0 unspecified atom stereocenters. The summed E-state index contributed by atoms with van der Waals surface area (Å²) in [5, 5.41) is 22.6. The highest BCUT2D eigenvalue weighted by atomic mass is 35.5. The second-order valence-electron chi connectivity index (χ2n) is 4.23. The zero-order chi connectivity index (χ0) is 13.1. The number of imidazole rings is 1. The first-order valence-corrected chi connectivity index (χ1v) is 5.37. The minimum absolute atomic E-state index is 0.205. The Morgan fingerprint density at radius 2 is 2.41 bits per heavy atom. The SMILES string of the molecule is CC(C)(CCl)/C(Cn1cnc([N+](=O)[O-])c1)=N/O. The summed E-state index contributed by atoms with van der Waals surface area (Å²) in [6.45, 7) is 3.85. The fourth-order valence-corrected chi connectivity index (χ4v) is 1.31. The van der Waals surface area contributed by atoms with Gasteiger partial charge in [-0.2, -0.15) is 0 Å². The third-order valence-electron chi connectivity index (χ3n) is 2.38. The zero-order valence-electron chi connectivity index (χ0n) is 9.50. The number of nitrogens with zero attached hydrogens (tertiary/aromatic N) is 4. The molecule has 1 N–H and O–H groups in total. The van der Waals surface area contributed by atoms with Crippen LogP contribution in [0.5, 0.6) is 0 Å². The van der Waals surface area contributed by atoms with E-state index < -0.39 is 10.3 Å². The van der Waals surface area contributed by atoms with E-state index in [0.29, 0.717) is 5.71 Å². The molecule has 0 spiro atoms. The maximum Gasteiger partial charge on any atom is 0.381 e. The highest BCUT2D eigenvalue weighted by Crippen LogP contribution is 2.21. The van der Waals surface area contributed by atoms with Crippen LogP contribution in [0.1, 0.15) is 13.8 Å². The lowest BCUT2D eigenvalue weighted by Crippen LogP contribution is -2.29. The first-order chi connectivity index (χ1) is 7.90. The van der Waals surface area contributed by atoms with Gasteiger partial charge in [-0.1, -0.05) is 19.0 Å². The molecule has 94 valence electrons. The Hall–Kier alpha value is -1.63. The molecule has 1 heterocycles. The van der Waals surface area contributed by atoms with E-state index in [1.54, 1.807) is 0 Å². The molecule has 0 aliphatic carbocycles. The summed E-state index contributed by atoms with van der Waals surface area (Å²) in [6, 6.07) is 0. The monoisotopic (exact) mass is 260 g/mol. The number of hydrogen-bond donors (Lipinski definition) is 1. The number of alkyl halides is 1. The Labute approximate surface area is 103 Å². The highest BCUT2D eigenvalue weighted by Gasteiger charge is 2.25. The fourth-order valence-electron chi connectivity index (χ4n) is 1.16. The quantitative estimate of drug-likeness (QED) is 0.288. The third kappa shape index (κ3) is 3.16. The van der Waals surface area contributed by atoms with Crippen molar-refractivity contribution in [3.8, 4) is 0 Å². The van der Waals surface area contributed by atoms with Crippen molar-refractivity contribution in [1.29, 1.82) is 0 Å². The van der Waals surface area contributed by atoms with Crippen molar-refractivity contribution in [1.82, 2.24) is 9.55 Å². The lowest BCUT2D eigenvalue weighted by Gasteiger charge is -2.22. The van der Waals surface area contributed by atoms with Crippen molar-refractivity contribution in [3.63, 3.8) is 0 Å². The molecule has 0 aromatic carbocycles. The maximum atomic E-state index is 10.5. The summed E-state index contributed by atoms with van der Waals surface area (Å²) >= 11 is 5.76. The smallest absolute Gasteiger partial charge is 0.381 e. The van der Waals surface area contributed by atoms with Gasteiger partial charge in [0.2, 0.25) is 6.33 Å². The van der Waals surface area contributed by atoms with Gasteiger partial charge in [-0.25, -0.2) is 0 Å². The molecule has 7 nitrogen and oxygen atoms in total. The molecule has 0 atom stereocenters. The van der Waals surface area contributed by atoms with Gasteiger partial charge in [0.15, 0.2) is 0 Å². The minimum atomic E-state index is -0.584. The molecule has 0 bridgehead atoms.